The summed E-state index contributed by atoms with van der Waals surface area (Å²) in [6.45, 7) is 0. The van der Waals surface area contributed by atoms with E-state index in [1.807, 2.05) is 6.07 Å². The molecule has 0 radical (unpaired) electrons. The van der Waals surface area contributed by atoms with E-state index in [9.17, 15) is 0 Å². The lowest BCUT2D eigenvalue weighted by Crippen LogP contribution is -1.97. The van der Waals surface area contributed by atoms with Gasteiger partial charge in [-0.15, -0.1) is 0 Å². The second-order valence-electron chi connectivity index (χ2n) is 16.5. The van der Waals surface area contributed by atoms with Crippen LogP contribution in [-0.4, -0.2) is 9.97 Å². The van der Waals surface area contributed by atoms with Crippen molar-refractivity contribution in [3.8, 4) is 78.4 Å². The van der Waals surface area contributed by atoms with Crippen LogP contribution in [0.5, 0.6) is 0 Å². The predicted molar refractivity (Wildman–Crippen MR) is 261 cm³/mol. The van der Waals surface area contributed by atoms with Crippen LogP contribution in [0.25, 0.3) is 132 Å². The van der Waals surface area contributed by atoms with Crippen molar-refractivity contribution < 1.29 is 0 Å². The number of rotatable bonds is 5. The van der Waals surface area contributed by atoms with Crippen LogP contribution in [0, 0.1) is 0 Å². The number of benzene rings is 11. The predicted octanol–water partition coefficient (Wildman–Crippen LogP) is 16.2. The van der Waals surface area contributed by atoms with Gasteiger partial charge in [-0.1, -0.05) is 200 Å². The second kappa shape index (κ2) is 13.7. The average Bonchev–Trinajstić information content (AvgIpc) is 3.67. The van der Waals surface area contributed by atoms with Crippen molar-refractivity contribution in [1.82, 2.24) is 9.97 Å². The number of hydrogen-bond donors (Lipinski definition) is 0. The number of hydrogen-bond acceptors (Lipinski definition) is 2. The molecule has 0 atom stereocenters. The maximum atomic E-state index is 5.34. The second-order valence-corrected chi connectivity index (χ2v) is 16.5. The first-order valence-corrected chi connectivity index (χ1v) is 21.3. The summed E-state index contributed by atoms with van der Waals surface area (Å²) < 4.78 is 0. The van der Waals surface area contributed by atoms with Crippen LogP contribution in [-0.2, 0) is 0 Å². The quantitative estimate of drug-likeness (QED) is 0.162. The lowest BCUT2D eigenvalue weighted by Gasteiger charge is -2.19. The van der Waals surface area contributed by atoms with Gasteiger partial charge in [0, 0.05) is 22.3 Å². The third-order valence-corrected chi connectivity index (χ3v) is 13.0. The van der Waals surface area contributed by atoms with Crippen molar-refractivity contribution in [2.45, 2.75) is 0 Å². The lowest BCUT2D eigenvalue weighted by atomic mass is 9.84. The molecule has 2 heteroatoms. The van der Waals surface area contributed by atoms with Gasteiger partial charge >= 0.3 is 0 Å². The van der Waals surface area contributed by atoms with Gasteiger partial charge in [0.1, 0.15) is 0 Å². The lowest BCUT2D eigenvalue weighted by molar-refractivity contribution is 1.19. The standard InChI is InChI=1S/C60H36N2/c1-2-14-42(15-3-1)60-61-58(57-51-22-10-18-40-19-11-23-52(54(40)51)59(57)62-60)41-28-24-39(25-29-41)45-32-33-50-53(36-45)56(47-31-27-38-13-5-7-17-44(38)35-47)49-21-9-8-20-48(49)55(50)46-30-26-37-12-4-6-16-43(37)34-46/h1-36H. The van der Waals surface area contributed by atoms with E-state index in [-0.39, 0.29) is 0 Å². The summed E-state index contributed by atoms with van der Waals surface area (Å²) in [4.78, 5) is 10.6. The summed E-state index contributed by atoms with van der Waals surface area (Å²) in [5.74, 6) is 0.735. The molecule has 62 heavy (non-hydrogen) atoms. The van der Waals surface area contributed by atoms with E-state index < -0.39 is 0 Å². The molecule has 2 nitrogen and oxygen atoms in total. The molecule has 0 saturated heterocycles. The Bertz CT molecular complexity index is 3780. The van der Waals surface area contributed by atoms with Gasteiger partial charge in [-0.2, -0.15) is 0 Å². The van der Waals surface area contributed by atoms with Gasteiger partial charge in [-0.25, -0.2) is 9.97 Å². The maximum absolute atomic E-state index is 5.34. The molecule has 0 N–H and O–H groups in total. The summed E-state index contributed by atoms with van der Waals surface area (Å²) in [6, 6.07) is 79.5. The zero-order chi connectivity index (χ0) is 40.7. The molecule has 1 aliphatic carbocycles. The Labute approximate surface area is 359 Å². The molecular weight excluding hydrogens is 749 g/mol. The third-order valence-electron chi connectivity index (χ3n) is 13.0. The van der Waals surface area contributed by atoms with Crippen LogP contribution >= 0.6 is 0 Å². The van der Waals surface area contributed by atoms with Crippen molar-refractivity contribution in [3.63, 3.8) is 0 Å². The SMILES string of the molecule is c1ccc(-c2nc(-c3ccc(-c4ccc5c(-c6ccc7ccccc7c6)c6ccccc6c(-c6ccc7ccccc7c6)c5c4)cc3)c3c(n2)-c2cccc4cccc-3c24)cc1. The number of aromatic nitrogens is 2. The number of fused-ring (bicyclic) bond motifs is 7. The molecule has 12 aromatic rings. The van der Waals surface area contributed by atoms with Crippen molar-refractivity contribution >= 4 is 53.9 Å². The molecule has 0 amide bonds. The molecule has 0 saturated carbocycles. The summed E-state index contributed by atoms with van der Waals surface area (Å²) in [5, 5.41) is 12.4. The summed E-state index contributed by atoms with van der Waals surface area (Å²) >= 11 is 0. The summed E-state index contributed by atoms with van der Waals surface area (Å²) in [5.41, 5.74) is 14.7. The van der Waals surface area contributed by atoms with Gasteiger partial charge < -0.3 is 0 Å². The zero-order valence-corrected chi connectivity index (χ0v) is 33.7. The van der Waals surface area contributed by atoms with E-state index in [4.69, 9.17) is 9.97 Å². The maximum Gasteiger partial charge on any atom is 0.160 e. The molecule has 0 spiro atoms. The van der Waals surface area contributed by atoms with Crippen LogP contribution in [0.4, 0.5) is 0 Å². The van der Waals surface area contributed by atoms with Gasteiger partial charge in [0.05, 0.1) is 11.4 Å². The summed E-state index contributed by atoms with van der Waals surface area (Å²) in [6.07, 6.45) is 0. The first-order valence-electron chi connectivity index (χ1n) is 21.3. The molecule has 0 aliphatic heterocycles. The van der Waals surface area contributed by atoms with Gasteiger partial charge in [-0.3, -0.25) is 0 Å². The highest BCUT2D eigenvalue weighted by Gasteiger charge is 2.28. The normalized spacial score (nSPS) is 11.9. The van der Waals surface area contributed by atoms with E-state index in [0.29, 0.717) is 0 Å². The molecule has 1 aliphatic rings. The van der Waals surface area contributed by atoms with Crippen LogP contribution in [0.1, 0.15) is 0 Å². The molecule has 0 bridgehead atoms. The zero-order valence-electron chi connectivity index (χ0n) is 33.7. The number of nitrogens with zero attached hydrogens (tertiary/aromatic N) is 2. The van der Waals surface area contributed by atoms with E-state index in [1.165, 1.54) is 92.8 Å². The Morgan fingerprint density at radius 3 is 1.42 bits per heavy atom. The fourth-order valence-electron chi connectivity index (χ4n) is 10.1. The van der Waals surface area contributed by atoms with Crippen LogP contribution < -0.4 is 0 Å². The minimum Gasteiger partial charge on any atom is -0.227 e. The van der Waals surface area contributed by atoms with E-state index in [1.54, 1.807) is 0 Å². The van der Waals surface area contributed by atoms with E-state index >= 15 is 0 Å². The van der Waals surface area contributed by atoms with Crippen LogP contribution in [0.3, 0.4) is 0 Å². The molecule has 11 aromatic carbocycles. The first kappa shape index (κ1) is 34.6. The van der Waals surface area contributed by atoms with Gasteiger partial charge in [-0.05, 0) is 111 Å². The third kappa shape index (κ3) is 5.37. The highest BCUT2D eigenvalue weighted by Crippen LogP contribution is 2.51. The van der Waals surface area contributed by atoms with Crippen molar-refractivity contribution in [2.24, 2.45) is 0 Å². The van der Waals surface area contributed by atoms with Crippen molar-refractivity contribution in [1.29, 1.82) is 0 Å². The molecule has 1 heterocycles. The largest absolute Gasteiger partial charge is 0.227 e. The molecule has 1 aromatic heterocycles. The fourth-order valence-corrected chi connectivity index (χ4v) is 10.1. The summed E-state index contributed by atoms with van der Waals surface area (Å²) in [7, 11) is 0. The van der Waals surface area contributed by atoms with Gasteiger partial charge in [0.25, 0.3) is 0 Å². The Morgan fingerprint density at radius 1 is 0.242 bits per heavy atom. The molecule has 0 fully saturated rings. The van der Waals surface area contributed by atoms with Crippen LogP contribution in [0.2, 0.25) is 0 Å². The molecule has 0 unspecified atom stereocenters. The molecular formula is C60H36N2. The van der Waals surface area contributed by atoms with Crippen LogP contribution in [0.15, 0.2) is 218 Å². The fraction of sp³-hybridized carbons (Fsp3) is 0. The molecule has 13 rings (SSSR count). The van der Waals surface area contributed by atoms with E-state index in [0.717, 1.165) is 39.5 Å². The van der Waals surface area contributed by atoms with Crippen molar-refractivity contribution in [2.75, 3.05) is 0 Å². The minimum atomic E-state index is 0.735. The minimum absolute atomic E-state index is 0.735. The highest BCUT2D eigenvalue weighted by atomic mass is 14.9. The monoisotopic (exact) mass is 784 g/mol. The van der Waals surface area contributed by atoms with Gasteiger partial charge in [0.15, 0.2) is 5.82 Å². The van der Waals surface area contributed by atoms with E-state index in [2.05, 4.69) is 212 Å². The average molecular weight is 785 g/mol. The smallest absolute Gasteiger partial charge is 0.160 e. The Hall–Kier alpha value is -8.20. The van der Waals surface area contributed by atoms with Gasteiger partial charge in [0.2, 0.25) is 0 Å². The van der Waals surface area contributed by atoms with Crippen molar-refractivity contribution in [3.05, 3.63) is 218 Å². The Balaban J connectivity index is 1.01. The Morgan fingerprint density at radius 2 is 0.742 bits per heavy atom. The highest BCUT2D eigenvalue weighted by molar-refractivity contribution is 6.23. The molecule has 286 valence electrons. The Kier molecular flexibility index (Phi) is 7.64. The topological polar surface area (TPSA) is 25.8 Å². The first-order chi connectivity index (χ1) is 30.7.